The van der Waals surface area contributed by atoms with Gasteiger partial charge in [0.25, 0.3) is 17.5 Å². The normalized spacial score (nSPS) is 16.5. The van der Waals surface area contributed by atoms with Gasteiger partial charge >= 0.3 is 6.03 Å². The summed E-state index contributed by atoms with van der Waals surface area (Å²) in [7, 11) is 0. The molecule has 152 valence electrons. The van der Waals surface area contributed by atoms with Gasteiger partial charge in [-0.1, -0.05) is 18.2 Å². The van der Waals surface area contributed by atoms with E-state index in [-0.39, 0.29) is 11.3 Å². The predicted octanol–water partition coefficient (Wildman–Crippen LogP) is 1.52. The number of rotatable bonds is 5. The van der Waals surface area contributed by atoms with Crippen LogP contribution in [0.1, 0.15) is 15.9 Å². The van der Waals surface area contributed by atoms with Gasteiger partial charge in [0.15, 0.2) is 5.92 Å². The first-order valence-corrected chi connectivity index (χ1v) is 8.62. The number of aryl methyl sites for hydroxylation is 1. The van der Waals surface area contributed by atoms with Crippen LogP contribution in [0.25, 0.3) is 0 Å². The highest BCUT2D eigenvalue weighted by atomic mass is 16.6. The average molecular weight is 409 g/mol. The van der Waals surface area contributed by atoms with E-state index in [9.17, 15) is 29.3 Å². The maximum absolute atomic E-state index is 12.7. The number of anilines is 1. The van der Waals surface area contributed by atoms with Crippen LogP contribution in [0.3, 0.4) is 0 Å². The van der Waals surface area contributed by atoms with E-state index in [4.69, 9.17) is 0 Å². The molecule has 2 aromatic rings. The van der Waals surface area contributed by atoms with E-state index in [1.54, 1.807) is 31.2 Å². The first kappa shape index (κ1) is 20.3. The number of non-ortho nitro benzene ring substituents is 1. The fraction of sp³-hybridized carbons (Fsp3) is 0.105. The maximum atomic E-state index is 12.7. The molecule has 1 fully saturated rings. The third-order valence-corrected chi connectivity index (χ3v) is 4.29. The number of hydrogen-bond acceptors (Lipinski definition) is 7. The molecular formula is C19H15N5O6. The Kier molecular flexibility index (Phi) is 5.63. The average Bonchev–Trinajstić information content (AvgIpc) is 2.71. The number of hydrazone groups is 1. The number of urea groups is 1. The zero-order valence-electron chi connectivity index (χ0n) is 15.6. The molecule has 1 atom stereocenters. The molecule has 2 aromatic carbocycles. The second-order valence-corrected chi connectivity index (χ2v) is 6.26. The number of carbonyl (C=O) groups is 4. The fourth-order valence-electron chi connectivity index (χ4n) is 2.73. The van der Waals surface area contributed by atoms with Gasteiger partial charge in [0.1, 0.15) is 0 Å². The van der Waals surface area contributed by atoms with Crippen molar-refractivity contribution in [3.8, 4) is 0 Å². The Balaban J connectivity index is 1.74. The smallest absolute Gasteiger partial charge is 0.276 e. The fourth-order valence-corrected chi connectivity index (χ4v) is 2.73. The van der Waals surface area contributed by atoms with Crippen LogP contribution in [0.5, 0.6) is 0 Å². The van der Waals surface area contributed by atoms with Crippen molar-refractivity contribution in [2.75, 3.05) is 4.90 Å². The lowest BCUT2D eigenvalue weighted by molar-refractivity contribution is -0.384. The molecular weight excluding hydrogens is 394 g/mol. The van der Waals surface area contributed by atoms with Gasteiger partial charge in [-0.2, -0.15) is 5.10 Å². The minimum Gasteiger partial charge on any atom is -0.276 e. The minimum absolute atomic E-state index is 0.0916. The number of nitrogens with zero attached hydrogens (tertiary/aromatic N) is 3. The van der Waals surface area contributed by atoms with Crippen molar-refractivity contribution >= 4 is 41.3 Å². The number of nitro groups is 1. The van der Waals surface area contributed by atoms with E-state index in [0.717, 1.165) is 23.2 Å². The van der Waals surface area contributed by atoms with Crippen molar-refractivity contribution in [3.63, 3.8) is 0 Å². The summed E-state index contributed by atoms with van der Waals surface area (Å²) in [5.74, 6) is -3.81. The number of para-hydroxylation sites is 1. The Labute approximate surface area is 169 Å². The molecule has 0 aliphatic carbocycles. The molecule has 1 aliphatic heterocycles. The summed E-state index contributed by atoms with van der Waals surface area (Å²) in [6.45, 7) is 1.71. The lowest BCUT2D eigenvalue weighted by Crippen LogP contribution is -2.59. The van der Waals surface area contributed by atoms with Gasteiger partial charge in [0.05, 0.1) is 10.6 Å². The molecule has 3 rings (SSSR count). The van der Waals surface area contributed by atoms with E-state index >= 15 is 0 Å². The van der Waals surface area contributed by atoms with Crippen LogP contribution in [-0.4, -0.2) is 34.9 Å². The van der Waals surface area contributed by atoms with Gasteiger partial charge in [0, 0.05) is 23.9 Å². The summed E-state index contributed by atoms with van der Waals surface area (Å²) in [6.07, 6.45) is 0.915. The zero-order valence-corrected chi connectivity index (χ0v) is 15.6. The number of hydrogen-bond donors (Lipinski definition) is 2. The second-order valence-electron chi connectivity index (χ2n) is 6.26. The molecule has 30 heavy (non-hydrogen) atoms. The second kappa shape index (κ2) is 8.31. The molecule has 1 unspecified atom stereocenters. The predicted molar refractivity (Wildman–Crippen MR) is 105 cm³/mol. The lowest BCUT2D eigenvalue weighted by atomic mass is 10.0. The summed E-state index contributed by atoms with van der Waals surface area (Å²) in [6, 6.07) is 10.6. The third-order valence-electron chi connectivity index (χ3n) is 4.29. The minimum atomic E-state index is -1.43. The Morgan fingerprint density at radius 1 is 1.17 bits per heavy atom. The van der Waals surface area contributed by atoms with E-state index in [1.807, 2.05) is 0 Å². The van der Waals surface area contributed by atoms with Crippen molar-refractivity contribution in [2.45, 2.75) is 6.92 Å². The molecule has 0 aromatic heterocycles. The van der Waals surface area contributed by atoms with Gasteiger partial charge < -0.3 is 0 Å². The monoisotopic (exact) mass is 409 g/mol. The van der Waals surface area contributed by atoms with Crippen LogP contribution in [0.4, 0.5) is 16.2 Å². The maximum Gasteiger partial charge on any atom is 0.335 e. The number of carbonyl (C=O) groups excluding carboxylic acids is 4. The largest absolute Gasteiger partial charge is 0.335 e. The molecule has 11 heteroatoms. The van der Waals surface area contributed by atoms with E-state index in [1.165, 1.54) is 12.1 Å². The van der Waals surface area contributed by atoms with E-state index < -0.39 is 34.6 Å². The number of amides is 5. The summed E-state index contributed by atoms with van der Waals surface area (Å²) < 4.78 is 0. The van der Waals surface area contributed by atoms with Crippen LogP contribution < -0.4 is 15.6 Å². The molecule has 0 bridgehead atoms. The number of nitro benzene ring substituents is 1. The standard InChI is InChI=1S/C19H15N5O6/c1-11-4-2-3-5-15(11)23-18(27)14(17(26)21-19(23)28)10-20-22-16(25)12-6-8-13(9-7-12)24(29)30/h2-10,14H,1H3,(H,22,25)(H,21,26,28). The first-order valence-electron chi connectivity index (χ1n) is 8.62. The molecule has 0 saturated carbocycles. The molecule has 2 N–H and O–H groups in total. The Morgan fingerprint density at radius 3 is 2.47 bits per heavy atom. The SMILES string of the molecule is Cc1ccccc1N1C(=O)NC(=O)C(C=NNC(=O)c2ccc([N+](=O)[O-])cc2)C1=O. The quantitative estimate of drug-likeness (QED) is 0.331. The number of barbiturate groups is 1. The van der Waals surface area contributed by atoms with Crippen molar-refractivity contribution in [1.82, 2.24) is 10.7 Å². The van der Waals surface area contributed by atoms with Gasteiger partial charge in [-0.05, 0) is 30.7 Å². The Morgan fingerprint density at radius 2 is 1.83 bits per heavy atom. The topological polar surface area (TPSA) is 151 Å². The van der Waals surface area contributed by atoms with Gasteiger partial charge in [-0.15, -0.1) is 0 Å². The van der Waals surface area contributed by atoms with Gasteiger partial charge in [0.2, 0.25) is 5.91 Å². The molecule has 1 heterocycles. The first-order chi connectivity index (χ1) is 14.3. The van der Waals surface area contributed by atoms with Gasteiger partial charge in [-0.3, -0.25) is 29.8 Å². The number of benzene rings is 2. The van der Waals surface area contributed by atoms with Crippen molar-refractivity contribution in [3.05, 3.63) is 69.8 Å². The zero-order chi connectivity index (χ0) is 21.8. The third kappa shape index (κ3) is 4.04. The Bertz CT molecular complexity index is 1080. The highest BCUT2D eigenvalue weighted by Crippen LogP contribution is 2.23. The summed E-state index contributed by atoms with van der Waals surface area (Å²) in [5, 5.41) is 16.4. The van der Waals surface area contributed by atoms with Crippen LogP contribution in [0, 0.1) is 23.0 Å². The Hall–Kier alpha value is -4.41. The summed E-state index contributed by atoms with van der Waals surface area (Å²) in [4.78, 5) is 59.9. The van der Waals surface area contributed by atoms with Crippen molar-refractivity contribution in [2.24, 2.45) is 11.0 Å². The number of imide groups is 2. The van der Waals surface area contributed by atoms with Crippen molar-refractivity contribution < 1.29 is 24.1 Å². The summed E-state index contributed by atoms with van der Waals surface area (Å²) >= 11 is 0. The van der Waals surface area contributed by atoms with Crippen LogP contribution >= 0.6 is 0 Å². The lowest BCUT2D eigenvalue weighted by Gasteiger charge is -2.29. The van der Waals surface area contributed by atoms with Crippen LogP contribution in [0.15, 0.2) is 53.6 Å². The highest BCUT2D eigenvalue weighted by molar-refractivity contribution is 6.32. The van der Waals surface area contributed by atoms with Crippen LogP contribution in [0.2, 0.25) is 0 Å². The molecule has 11 nitrogen and oxygen atoms in total. The van der Waals surface area contributed by atoms with Crippen molar-refractivity contribution in [1.29, 1.82) is 0 Å². The summed E-state index contributed by atoms with van der Waals surface area (Å²) in [5.41, 5.74) is 3.02. The highest BCUT2D eigenvalue weighted by Gasteiger charge is 2.40. The molecule has 1 saturated heterocycles. The molecule has 0 radical (unpaired) electrons. The van der Waals surface area contributed by atoms with Gasteiger partial charge in [-0.25, -0.2) is 15.1 Å². The van der Waals surface area contributed by atoms with E-state index in [2.05, 4.69) is 15.8 Å². The molecule has 5 amide bonds. The van der Waals surface area contributed by atoms with Crippen LogP contribution in [-0.2, 0) is 9.59 Å². The molecule has 1 aliphatic rings. The number of nitrogens with one attached hydrogen (secondary N) is 2. The van der Waals surface area contributed by atoms with E-state index in [0.29, 0.717) is 11.3 Å². The molecule has 0 spiro atoms.